The largest absolute Gasteiger partial charge is 0.382 e. The SMILES string of the molecule is CCCCCCCCCCCCCCCCCCOCCOP(=O)(CO[C@H](C)Cn1cnc2c(N)ncnc21)OCc1ccccc1.CCCCCCCCCCCCCCCCCCOCCOP(=O)(O)CO[C@H](C)Cn1cnc2c(N)ncnc21. The van der Waals surface area contributed by atoms with E-state index in [1.807, 2.05) is 41.8 Å². The zero-order valence-electron chi connectivity index (χ0n) is 54.0. The van der Waals surface area contributed by atoms with Gasteiger partial charge in [-0.25, -0.2) is 29.9 Å². The van der Waals surface area contributed by atoms with Gasteiger partial charge in [-0.2, -0.15) is 0 Å². The summed E-state index contributed by atoms with van der Waals surface area (Å²) in [5, 5.41) is 0. The predicted molar refractivity (Wildman–Crippen MR) is 352 cm³/mol. The van der Waals surface area contributed by atoms with Gasteiger partial charge in [0.1, 0.15) is 36.4 Å². The van der Waals surface area contributed by atoms with Crippen LogP contribution in [0.2, 0.25) is 0 Å². The van der Waals surface area contributed by atoms with Crippen LogP contribution in [-0.4, -0.2) is 108 Å². The number of anilines is 2. The summed E-state index contributed by atoms with van der Waals surface area (Å²) >= 11 is 0. The first-order chi connectivity index (χ1) is 42.4. The van der Waals surface area contributed by atoms with Crippen LogP contribution in [0, 0.1) is 0 Å². The van der Waals surface area contributed by atoms with Crippen molar-refractivity contribution in [1.29, 1.82) is 0 Å². The number of aromatic nitrogens is 8. The molecule has 5 rings (SSSR count). The van der Waals surface area contributed by atoms with Crippen LogP contribution in [0.5, 0.6) is 0 Å². The normalized spacial score (nSPS) is 13.9. The van der Waals surface area contributed by atoms with Gasteiger partial charge in [-0.05, 0) is 32.3 Å². The van der Waals surface area contributed by atoms with Crippen molar-refractivity contribution in [2.75, 3.05) is 63.8 Å². The van der Waals surface area contributed by atoms with Crippen molar-refractivity contribution in [2.45, 2.75) is 265 Å². The standard InChI is InChI=1S/C36H60N5O5P.C29H54N5O5P/c1-3-4-5-6-7-8-9-10-11-12-13-14-15-16-17-21-24-43-25-26-45-47(42,46-28-33-22-19-18-20-23-33)31-44-32(2)27-41-30-40-34-35(37)38-29-39-36(34)41;1-3-4-5-6-7-8-9-10-11-12-13-14-15-16-17-18-19-37-20-21-39-40(35,36)25-38-26(2)22-34-24-33-27-28(30)31-23-32-29(27)34/h18-20,22-23,29-30,32H,3-17,21,24-28,31H2,1-2H3,(H2,37,38,39);23-24,26H,3-22,25H2,1-2H3,(H,35,36)(H2,30,31,32)/t32-,47?;26-/m11/s1. The lowest BCUT2D eigenvalue weighted by Crippen LogP contribution is -2.18. The first-order valence-corrected chi connectivity index (χ1v) is 37.0. The summed E-state index contributed by atoms with van der Waals surface area (Å²) in [4.78, 5) is 34.9. The third-order valence-corrected chi connectivity index (χ3v) is 18.0. The number of nitrogens with two attached hydrogens (primary N) is 2. The molecule has 494 valence electrons. The molecule has 0 saturated carbocycles. The minimum absolute atomic E-state index is 0.0622. The van der Waals surface area contributed by atoms with Gasteiger partial charge >= 0.3 is 15.2 Å². The van der Waals surface area contributed by atoms with Crippen LogP contribution in [0.15, 0.2) is 55.6 Å². The molecule has 22 heteroatoms. The first kappa shape index (κ1) is 75.5. The highest BCUT2D eigenvalue weighted by Gasteiger charge is 2.27. The third kappa shape index (κ3) is 35.3. The van der Waals surface area contributed by atoms with Crippen molar-refractivity contribution >= 4 is 49.2 Å². The Kier molecular flexibility index (Phi) is 41.6. The van der Waals surface area contributed by atoms with E-state index in [9.17, 15) is 14.0 Å². The fourth-order valence-electron chi connectivity index (χ4n) is 10.2. The topological polar surface area (TPSA) is 258 Å². The Morgan fingerprint density at radius 2 is 0.816 bits per heavy atom. The van der Waals surface area contributed by atoms with Crippen LogP contribution in [-0.2, 0) is 61.3 Å². The van der Waals surface area contributed by atoms with Crippen LogP contribution in [0.3, 0.4) is 0 Å². The van der Waals surface area contributed by atoms with E-state index in [1.54, 1.807) is 24.1 Å². The second-order valence-electron chi connectivity index (χ2n) is 23.4. The van der Waals surface area contributed by atoms with Gasteiger partial charge in [0.2, 0.25) is 0 Å². The molecule has 0 saturated heterocycles. The van der Waals surface area contributed by atoms with E-state index in [-0.39, 0.29) is 38.4 Å². The molecule has 0 fully saturated rings. The number of benzene rings is 1. The van der Waals surface area contributed by atoms with Gasteiger partial charge in [0, 0.05) is 13.2 Å². The second-order valence-corrected chi connectivity index (χ2v) is 27.2. The zero-order valence-corrected chi connectivity index (χ0v) is 55.8. The fraction of sp³-hybridized carbons (Fsp3) is 0.754. The molecule has 0 aliphatic heterocycles. The Balaban J connectivity index is 0.000000378. The van der Waals surface area contributed by atoms with Crippen molar-refractivity contribution in [1.82, 2.24) is 39.0 Å². The molecule has 4 atom stereocenters. The van der Waals surface area contributed by atoms with Crippen molar-refractivity contribution in [2.24, 2.45) is 0 Å². The zero-order chi connectivity index (χ0) is 62.3. The van der Waals surface area contributed by atoms with E-state index < -0.39 is 21.5 Å². The van der Waals surface area contributed by atoms with Gasteiger partial charge in [-0.15, -0.1) is 0 Å². The minimum atomic E-state index is -3.86. The van der Waals surface area contributed by atoms with Gasteiger partial charge in [0.05, 0.1) is 71.0 Å². The van der Waals surface area contributed by atoms with E-state index >= 15 is 0 Å². The maximum Gasteiger partial charge on any atom is 0.356 e. The second kappa shape index (κ2) is 47.9. The lowest BCUT2D eigenvalue weighted by molar-refractivity contribution is 0.0530. The average Bonchev–Trinajstić information content (AvgIpc) is 3.25. The molecule has 5 N–H and O–H groups in total. The number of ether oxygens (including phenoxy) is 4. The van der Waals surface area contributed by atoms with Crippen LogP contribution in [0.4, 0.5) is 11.6 Å². The summed E-state index contributed by atoms with van der Waals surface area (Å²) in [5.41, 5.74) is 14.9. The molecule has 0 aliphatic carbocycles. The molecule has 1 aromatic carbocycles. The molecule has 0 aliphatic rings. The van der Waals surface area contributed by atoms with Crippen LogP contribution >= 0.6 is 15.2 Å². The van der Waals surface area contributed by atoms with Crippen LogP contribution in [0.25, 0.3) is 22.3 Å². The molecule has 87 heavy (non-hydrogen) atoms. The number of fused-ring (bicyclic) bond motifs is 2. The molecule has 4 heterocycles. The number of nitrogen functional groups attached to an aromatic ring is 2. The number of imidazole rings is 2. The first-order valence-electron chi connectivity index (χ1n) is 33.5. The highest BCUT2D eigenvalue weighted by molar-refractivity contribution is 7.53. The molecule has 5 aromatic rings. The summed E-state index contributed by atoms with van der Waals surface area (Å²) in [6.45, 7) is 11.5. The average molecular weight is 1260 g/mol. The molecular weight excluding hydrogens is 1140 g/mol. The highest BCUT2D eigenvalue weighted by Crippen LogP contribution is 2.49. The van der Waals surface area contributed by atoms with Gasteiger partial charge in [-0.1, -0.05) is 237 Å². The van der Waals surface area contributed by atoms with Crippen molar-refractivity contribution in [3.8, 4) is 0 Å². The van der Waals surface area contributed by atoms with E-state index in [4.69, 9.17) is 44.0 Å². The lowest BCUT2D eigenvalue weighted by Gasteiger charge is -2.21. The molecule has 0 radical (unpaired) electrons. The molecule has 0 bridgehead atoms. The van der Waals surface area contributed by atoms with Gasteiger partial charge in [-0.3, -0.25) is 9.13 Å². The van der Waals surface area contributed by atoms with E-state index in [2.05, 4.69) is 43.8 Å². The maximum atomic E-state index is 13.7. The van der Waals surface area contributed by atoms with E-state index in [1.165, 1.54) is 199 Å². The number of nitrogens with zero attached hydrogens (tertiary/aromatic N) is 8. The van der Waals surface area contributed by atoms with Crippen molar-refractivity contribution in [3.63, 3.8) is 0 Å². The predicted octanol–water partition coefficient (Wildman–Crippen LogP) is 16.7. The third-order valence-electron chi connectivity index (χ3n) is 15.4. The van der Waals surface area contributed by atoms with Gasteiger partial charge < -0.3 is 58.0 Å². The highest BCUT2D eigenvalue weighted by atomic mass is 31.2. The molecule has 0 spiro atoms. The van der Waals surface area contributed by atoms with Crippen LogP contribution in [0.1, 0.15) is 239 Å². The number of hydrogen-bond donors (Lipinski definition) is 3. The van der Waals surface area contributed by atoms with E-state index in [0.717, 1.165) is 24.8 Å². The Hall–Kier alpha value is -3.94. The monoisotopic (exact) mass is 1260 g/mol. The summed E-state index contributed by atoms with van der Waals surface area (Å²) in [6.07, 6.45) is 47.7. The molecule has 20 nitrogen and oxygen atoms in total. The Morgan fingerprint density at radius 3 is 1.22 bits per heavy atom. The maximum absolute atomic E-state index is 13.7. The van der Waals surface area contributed by atoms with Gasteiger partial charge in [0.15, 0.2) is 22.9 Å². The lowest BCUT2D eigenvalue weighted by atomic mass is 10.0. The smallest absolute Gasteiger partial charge is 0.356 e. The van der Waals surface area contributed by atoms with Crippen molar-refractivity contribution in [3.05, 3.63) is 61.2 Å². The molecule has 2 unspecified atom stereocenters. The Morgan fingerprint density at radius 1 is 0.448 bits per heavy atom. The summed E-state index contributed by atoms with van der Waals surface area (Å²) in [7, 11) is -7.41. The number of rotatable bonds is 55. The summed E-state index contributed by atoms with van der Waals surface area (Å²) in [6, 6.07) is 9.61. The quantitative estimate of drug-likeness (QED) is 0.0241. The summed E-state index contributed by atoms with van der Waals surface area (Å²) < 4.78 is 69.1. The molecule has 4 aromatic heterocycles. The molecular formula is C65H114N10O10P2. The van der Waals surface area contributed by atoms with Crippen LogP contribution < -0.4 is 11.5 Å². The molecule has 0 amide bonds. The Bertz CT molecular complexity index is 2560. The number of unbranched alkanes of at least 4 members (excludes halogenated alkanes) is 30. The summed E-state index contributed by atoms with van der Waals surface area (Å²) in [5.74, 6) is 0.633. The van der Waals surface area contributed by atoms with Crippen molar-refractivity contribution < 1.29 is 46.5 Å². The van der Waals surface area contributed by atoms with E-state index in [0.29, 0.717) is 73.5 Å². The van der Waals surface area contributed by atoms with Gasteiger partial charge in [0.25, 0.3) is 0 Å². The number of hydrogen-bond acceptors (Lipinski definition) is 17. The fourth-order valence-corrected chi connectivity index (χ4v) is 12.5. The minimum Gasteiger partial charge on any atom is -0.382 e. The Labute approximate surface area is 522 Å².